The van der Waals surface area contributed by atoms with E-state index in [1.807, 2.05) is 0 Å². The number of β-lactam (4-membered cyclic amide) rings is 1. The number of carbonyl (C=O) groups is 3. The van der Waals surface area contributed by atoms with Crippen LogP contribution in [0.25, 0.3) is 0 Å². The lowest BCUT2D eigenvalue weighted by molar-refractivity contribution is -0.234. The van der Waals surface area contributed by atoms with Crippen LogP contribution in [-0.4, -0.2) is 53.9 Å². The summed E-state index contributed by atoms with van der Waals surface area (Å²) in [5.74, 6) is -0.987. The molecule has 8 heteroatoms. The smallest absolute Gasteiger partial charge is 0.408 e. The van der Waals surface area contributed by atoms with Gasteiger partial charge in [-0.1, -0.05) is 0 Å². The lowest BCUT2D eigenvalue weighted by atomic mass is 10.0. The molecule has 2 amide bonds. The molecular weight excluding hydrogens is 280 g/mol. The lowest BCUT2D eigenvalue weighted by Gasteiger charge is -2.43. The molecule has 0 aliphatic carbocycles. The van der Waals surface area contributed by atoms with Crippen molar-refractivity contribution in [2.24, 2.45) is 0 Å². The van der Waals surface area contributed by atoms with E-state index in [2.05, 4.69) is 10.1 Å². The van der Waals surface area contributed by atoms with Gasteiger partial charge in [0.25, 0.3) is 5.91 Å². The Labute approximate surface area is 123 Å². The number of rotatable bonds is 5. The average Bonchev–Trinajstić information content (AvgIpc) is 2.34. The van der Waals surface area contributed by atoms with E-state index in [1.54, 1.807) is 34.6 Å². The SMILES string of the molecule is CCOC(=O)CON1C(=O)C(NC(=O)OC(C)(C)C)C1C. The van der Waals surface area contributed by atoms with Crippen LogP contribution in [0.3, 0.4) is 0 Å². The summed E-state index contributed by atoms with van der Waals surface area (Å²) in [7, 11) is 0. The Balaban J connectivity index is 2.40. The largest absolute Gasteiger partial charge is 0.464 e. The van der Waals surface area contributed by atoms with Gasteiger partial charge < -0.3 is 14.8 Å². The summed E-state index contributed by atoms with van der Waals surface area (Å²) in [5, 5.41) is 3.51. The van der Waals surface area contributed by atoms with Gasteiger partial charge in [0.1, 0.15) is 11.6 Å². The summed E-state index contributed by atoms with van der Waals surface area (Å²) >= 11 is 0. The van der Waals surface area contributed by atoms with E-state index in [0.29, 0.717) is 0 Å². The van der Waals surface area contributed by atoms with E-state index in [-0.39, 0.29) is 19.3 Å². The maximum Gasteiger partial charge on any atom is 0.408 e. The van der Waals surface area contributed by atoms with E-state index in [1.165, 1.54) is 0 Å². The molecule has 0 aromatic rings. The first-order chi connectivity index (χ1) is 9.65. The normalized spacial score (nSPS) is 21.6. The van der Waals surface area contributed by atoms with E-state index in [9.17, 15) is 14.4 Å². The van der Waals surface area contributed by atoms with Crippen LogP contribution >= 0.6 is 0 Å². The molecule has 0 saturated carbocycles. The van der Waals surface area contributed by atoms with Crippen molar-refractivity contribution in [1.29, 1.82) is 0 Å². The zero-order valence-corrected chi connectivity index (χ0v) is 13.0. The van der Waals surface area contributed by atoms with Gasteiger partial charge in [-0.15, -0.1) is 0 Å². The molecule has 8 nitrogen and oxygen atoms in total. The third kappa shape index (κ3) is 4.89. The second kappa shape index (κ2) is 6.75. The van der Waals surface area contributed by atoms with Gasteiger partial charge in [-0.05, 0) is 34.6 Å². The highest BCUT2D eigenvalue weighted by Gasteiger charge is 2.47. The molecule has 0 aromatic heterocycles. The van der Waals surface area contributed by atoms with Crippen LogP contribution in [0.2, 0.25) is 0 Å². The van der Waals surface area contributed by atoms with Crippen LogP contribution in [0.15, 0.2) is 0 Å². The van der Waals surface area contributed by atoms with Crippen molar-refractivity contribution in [2.45, 2.75) is 52.3 Å². The average molecular weight is 302 g/mol. The number of carbonyl (C=O) groups excluding carboxylic acids is 3. The highest BCUT2D eigenvalue weighted by Crippen LogP contribution is 2.20. The summed E-state index contributed by atoms with van der Waals surface area (Å²) in [6.07, 6.45) is -0.669. The number of ether oxygens (including phenoxy) is 2. The maximum absolute atomic E-state index is 11.8. The summed E-state index contributed by atoms with van der Waals surface area (Å²) in [6, 6.07) is -1.11. The van der Waals surface area contributed by atoms with E-state index in [0.717, 1.165) is 5.06 Å². The van der Waals surface area contributed by atoms with Crippen molar-refractivity contribution in [2.75, 3.05) is 13.2 Å². The molecule has 0 spiro atoms. The Bertz CT molecular complexity index is 417. The molecule has 120 valence electrons. The number of alkyl carbamates (subject to hydrolysis) is 1. The molecular formula is C13H22N2O6. The Hall–Kier alpha value is -1.83. The summed E-state index contributed by atoms with van der Waals surface area (Å²) < 4.78 is 9.76. The van der Waals surface area contributed by atoms with Gasteiger partial charge in [-0.3, -0.25) is 9.63 Å². The monoisotopic (exact) mass is 302 g/mol. The van der Waals surface area contributed by atoms with Gasteiger partial charge in [-0.2, -0.15) is 0 Å². The molecule has 1 N–H and O–H groups in total. The predicted molar refractivity (Wildman–Crippen MR) is 72.1 cm³/mol. The summed E-state index contributed by atoms with van der Waals surface area (Å²) in [4.78, 5) is 39.6. The minimum absolute atomic E-state index is 0.245. The van der Waals surface area contributed by atoms with Gasteiger partial charge in [0.15, 0.2) is 6.61 Å². The van der Waals surface area contributed by atoms with E-state index in [4.69, 9.17) is 9.57 Å². The number of hydrogen-bond donors (Lipinski definition) is 1. The Morgan fingerprint density at radius 1 is 1.33 bits per heavy atom. The van der Waals surface area contributed by atoms with Crippen LogP contribution in [0.5, 0.6) is 0 Å². The number of hydrogen-bond acceptors (Lipinski definition) is 6. The quantitative estimate of drug-likeness (QED) is 0.590. The number of hydroxylamine groups is 2. The van der Waals surface area contributed by atoms with Gasteiger partial charge in [-0.25, -0.2) is 14.7 Å². The van der Waals surface area contributed by atoms with Crippen molar-refractivity contribution < 1.29 is 28.7 Å². The number of nitrogens with one attached hydrogen (secondary N) is 1. The first-order valence-corrected chi connectivity index (χ1v) is 6.77. The molecule has 1 heterocycles. The molecule has 1 aliphatic rings. The summed E-state index contributed by atoms with van der Waals surface area (Å²) in [5.41, 5.74) is -0.639. The summed E-state index contributed by atoms with van der Waals surface area (Å²) in [6.45, 7) is 8.45. The van der Waals surface area contributed by atoms with Crippen molar-refractivity contribution in [3.8, 4) is 0 Å². The minimum Gasteiger partial charge on any atom is -0.464 e. The Kier molecular flexibility index (Phi) is 5.54. The third-order valence-electron chi connectivity index (χ3n) is 2.63. The first-order valence-electron chi connectivity index (χ1n) is 6.77. The van der Waals surface area contributed by atoms with Gasteiger partial charge >= 0.3 is 12.1 Å². The number of amides is 2. The van der Waals surface area contributed by atoms with Gasteiger partial charge in [0, 0.05) is 0 Å². The van der Waals surface area contributed by atoms with Crippen LogP contribution in [0, 0.1) is 0 Å². The maximum atomic E-state index is 11.8. The van der Waals surface area contributed by atoms with Crippen molar-refractivity contribution >= 4 is 18.0 Å². The molecule has 21 heavy (non-hydrogen) atoms. The number of nitrogens with zero attached hydrogens (tertiary/aromatic N) is 1. The van der Waals surface area contributed by atoms with Gasteiger partial charge in [0.05, 0.1) is 12.6 Å². The van der Waals surface area contributed by atoms with Crippen molar-refractivity contribution in [3.63, 3.8) is 0 Å². The van der Waals surface area contributed by atoms with Crippen LogP contribution in [0.4, 0.5) is 4.79 Å². The minimum atomic E-state index is -0.720. The Morgan fingerprint density at radius 2 is 1.95 bits per heavy atom. The fourth-order valence-corrected chi connectivity index (χ4v) is 1.72. The molecule has 2 unspecified atom stereocenters. The fraction of sp³-hybridized carbons (Fsp3) is 0.769. The highest BCUT2D eigenvalue weighted by molar-refractivity contribution is 5.91. The first kappa shape index (κ1) is 17.2. The predicted octanol–water partition coefficient (Wildman–Crippen LogP) is 0.605. The van der Waals surface area contributed by atoms with Crippen LogP contribution in [-0.2, 0) is 23.9 Å². The molecule has 1 aliphatic heterocycles. The van der Waals surface area contributed by atoms with Crippen molar-refractivity contribution in [1.82, 2.24) is 10.4 Å². The second-order valence-corrected chi connectivity index (χ2v) is 5.61. The zero-order chi connectivity index (χ0) is 16.2. The van der Waals surface area contributed by atoms with E-state index >= 15 is 0 Å². The molecule has 0 bridgehead atoms. The van der Waals surface area contributed by atoms with Gasteiger partial charge in [0.2, 0.25) is 0 Å². The zero-order valence-electron chi connectivity index (χ0n) is 13.0. The number of esters is 1. The standard InChI is InChI=1S/C13H22N2O6/c1-6-19-9(16)7-20-15-8(2)10(11(15)17)14-12(18)21-13(3,4)5/h8,10H,6-7H2,1-5H3,(H,14,18). The lowest BCUT2D eigenvalue weighted by Crippen LogP contribution is -2.69. The van der Waals surface area contributed by atoms with Crippen LogP contribution < -0.4 is 5.32 Å². The molecule has 0 radical (unpaired) electrons. The third-order valence-corrected chi connectivity index (χ3v) is 2.63. The van der Waals surface area contributed by atoms with E-state index < -0.39 is 29.6 Å². The highest BCUT2D eigenvalue weighted by atomic mass is 16.7. The molecule has 1 rings (SSSR count). The topological polar surface area (TPSA) is 94.2 Å². The van der Waals surface area contributed by atoms with Crippen LogP contribution in [0.1, 0.15) is 34.6 Å². The fourth-order valence-electron chi connectivity index (χ4n) is 1.72. The van der Waals surface area contributed by atoms with Crippen molar-refractivity contribution in [3.05, 3.63) is 0 Å². The second-order valence-electron chi connectivity index (χ2n) is 5.61. The molecule has 0 aromatic carbocycles. The molecule has 1 saturated heterocycles. The molecule has 1 fully saturated rings. The molecule has 2 atom stereocenters. The Morgan fingerprint density at radius 3 is 2.43 bits per heavy atom.